The van der Waals surface area contributed by atoms with E-state index in [0.29, 0.717) is 5.41 Å². The lowest BCUT2D eigenvalue weighted by Gasteiger charge is -2.32. The molecule has 2 nitrogen and oxygen atoms in total. The van der Waals surface area contributed by atoms with E-state index in [9.17, 15) is 0 Å². The zero-order valence-corrected chi connectivity index (χ0v) is 11.8. The molecular weight excluding hydrogens is 222 g/mol. The molecule has 100 valence electrons. The molecule has 1 aromatic carbocycles. The van der Waals surface area contributed by atoms with Gasteiger partial charge >= 0.3 is 0 Å². The highest BCUT2D eigenvalue weighted by Crippen LogP contribution is 2.34. The van der Waals surface area contributed by atoms with Gasteiger partial charge in [0.2, 0.25) is 0 Å². The van der Waals surface area contributed by atoms with E-state index in [4.69, 9.17) is 4.74 Å². The van der Waals surface area contributed by atoms with Crippen LogP contribution in [0.5, 0.6) is 0 Å². The minimum atomic E-state index is -0.201. The summed E-state index contributed by atoms with van der Waals surface area (Å²) in [4.78, 5) is 0. The van der Waals surface area contributed by atoms with Crippen LogP contribution in [0.1, 0.15) is 39.2 Å². The summed E-state index contributed by atoms with van der Waals surface area (Å²) in [6.45, 7) is 9.51. The van der Waals surface area contributed by atoms with E-state index in [-0.39, 0.29) is 5.60 Å². The zero-order chi connectivity index (χ0) is 13.1. The van der Waals surface area contributed by atoms with Crippen molar-refractivity contribution in [3.05, 3.63) is 35.9 Å². The summed E-state index contributed by atoms with van der Waals surface area (Å²) in [7, 11) is 0. The third-order valence-electron chi connectivity index (χ3n) is 4.54. The molecule has 1 atom stereocenters. The molecule has 0 saturated carbocycles. The van der Waals surface area contributed by atoms with Gasteiger partial charge in [-0.3, -0.25) is 0 Å². The highest BCUT2D eigenvalue weighted by molar-refractivity contribution is 5.22. The molecule has 1 aliphatic rings. The van der Waals surface area contributed by atoms with Crippen molar-refractivity contribution < 1.29 is 4.74 Å². The van der Waals surface area contributed by atoms with Gasteiger partial charge in [-0.05, 0) is 25.3 Å². The van der Waals surface area contributed by atoms with Gasteiger partial charge in [0.1, 0.15) is 5.60 Å². The van der Waals surface area contributed by atoms with Gasteiger partial charge in [-0.25, -0.2) is 0 Å². The molecule has 0 radical (unpaired) electrons. The first kappa shape index (κ1) is 13.6. The lowest BCUT2D eigenvalue weighted by molar-refractivity contribution is -0.0579. The van der Waals surface area contributed by atoms with Crippen LogP contribution in [0.2, 0.25) is 0 Å². The number of hydrogen-bond donors (Lipinski definition) is 1. The molecular formula is C16H25NO. The second kappa shape index (κ2) is 5.41. The summed E-state index contributed by atoms with van der Waals surface area (Å²) in [6.07, 6.45) is 2.34. The quantitative estimate of drug-likeness (QED) is 0.884. The zero-order valence-electron chi connectivity index (χ0n) is 11.8. The first-order chi connectivity index (χ1) is 8.64. The van der Waals surface area contributed by atoms with Gasteiger partial charge < -0.3 is 10.1 Å². The van der Waals surface area contributed by atoms with Crippen LogP contribution in [0, 0.1) is 5.41 Å². The number of rotatable bonds is 3. The highest BCUT2D eigenvalue weighted by Gasteiger charge is 2.36. The number of hydrogen-bond acceptors (Lipinski definition) is 2. The molecule has 1 unspecified atom stereocenters. The molecule has 1 heterocycles. The average Bonchev–Trinajstić information content (AvgIpc) is 2.61. The van der Waals surface area contributed by atoms with E-state index < -0.39 is 0 Å². The predicted octanol–water partition coefficient (Wildman–Crippen LogP) is 3.33. The van der Waals surface area contributed by atoms with Crippen molar-refractivity contribution >= 4 is 0 Å². The number of nitrogens with one attached hydrogen (secondary N) is 1. The van der Waals surface area contributed by atoms with E-state index in [1.54, 1.807) is 0 Å². The molecule has 18 heavy (non-hydrogen) atoms. The molecule has 0 aromatic heterocycles. The summed E-state index contributed by atoms with van der Waals surface area (Å²) < 4.78 is 6.31. The van der Waals surface area contributed by atoms with E-state index in [2.05, 4.69) is 56.4 Å². The molecule has 1 aliphatic heterocycles. The lowest BCUT2D eigenvalue weighted by atomic mass is 9.83. The van der Waals surface area contributed by atoms with Crippen molar-refractivity contribution in [2.24, 2.45) is 5.41 Å². The molecule has 0 bridgehead atoms. The monoisotopic (exact) mass is 247 g/mol. The lowest BCUT2D eigenvalue weighted by Crippen LogP contribution is -2.36. The largest absolute Gasteiger partial charge is 0.369 e. The Kier molecular flexibility index (Phi) is 4.08. The Balaban J connectivity index is 2.18. The molecule has 1 N–H and O–H groups in total. The van der Waals surface area contributed by atoms with E-state index >= 15 is 0 Å². The Morgan fingerprint density at radius 1 is 1.11 bits per heavy atom. The van der Waals surface area contributed by atoms with Crippen molar-refractivity contribution in [2.45, 2.75) is 39.2 Å². The molecule has 1 fully saturated rings. The van der Waals surface area contributed by atoms with Gasteiger partial charge in [0.25, 0.3) is 0 Å². The maximum absolute atomic E-state index is 6.31. The van der Waals surface area contributed by atoms with E-state index in [0.717, 1.165) is 19.7 Å². The molecule has 0 spiro atoms. The van der Waals surface area contributed by atoms with Crippen molar-refractivity contribution in [1.29, 1.82) is 0 Å². The van der Waals surface area contributed by atoms with E-state index in [1.165, 1.54) is 18.4 Å². The first-order valence-electron chi connectivity index (χ1n) is 7.04. The van der Waals surface area contributed by atoms with Gasteiger partial charge in [0.05, 0.1) is 6.61 Å². The molecule has 0 aliphatic carbocycles. The van der Waals surface area contributed by atoms with Crippen LogP contribution in [0.15, 0.2) is 30.3 Å². The van der Waals surface area contributed by atoms with Crippen LogP contribution >= 0.6 is 0 Å². The Morgan fingerprint density at radius 2 is 1.78 bits per heavy atom. The fourth-order valence-electron chi connectivity index (χ4n) is 2.66. The minimum absolute atomic E-state index is 0.201. The molecule has 0 amide bonds. The summed E-state index contributed by atoms with van der Waals surface area (Å²) in [5, 5.41) is 3.60. The van der Waals surface area contributed by atoms with E-state index in [1.807, 2.05) is 0 Å². The summed E-state index contributed by atoms with van der Waals surface area (Å²) >= 11 is 0. The fraction of sp³-hybridized carbons (Fsp3) is 0.625. The van der Waals surface area contributed by atoms with Gasteiger partial charge in [-0.2, -0.15) is 0 Å². The molecule has 2 rings (SSSR count). The Hall–Kier alpha value is -0.860. The first-order valence-corrected chi connectivity index (χ1v) is 7.04. The van der Waals surface area contributed by atoms with Crippen molar-refractivity contribution in [3.63, 3.8) is 0 Å². The Morgan fingerprint density at radius 3 is 2.39 bits per heavy atom. The van der Waals surface area contributed by atoms with Crippen molar-refractivity contribution in [1.82, 2.24) is 5.32 Å². The Bertz CT molecular complexity index is 372. The smallest absolute Gasteiger partial charge is 0.103 e. The second-order valence-electron chi connectivity index (χ2n) is 5.70. The molecule has 2 heteroatoms. The van der Waals surface area contributed by atoms with Crippen LogP contribution in [0.25, 0.3) is 0 Å². The third kappa shape index (κ3) is 2.60. The topological polar surface area (TPSA) is 21.3 Å². The van der Waals surface area contributed by atoms with Gasteiger partial charge in [0, 0.05) is 18.5 Å². The van der Waals surface area contributed by atoms with Gasteiger partial charge in [-0.1, -0.05) is 44.2 Å². The average molecular weight is 247 g/mol. The minimum Gasteiger partial charge on any atom is -0.369 e. The van der Waals surface area contributed by atoms with Crippen molar-refractivity contribution in [2.75, 3.05) is 19.7 Å². The predicted molar refractivity (Wildman–Crippen MR) is 75.6 cm³/mol. The summed E-state index contributed by atoms with van der Waals surface area (Å²) in [5.41, 5.74) is 1.36. The maximum Gasteiger partial charge on any atom is 0.103 e. The summed E-state index contributed by atoms with van der Waals surface area (Å²) in [5.74, 6) is 0. The van der Waals surface area contributed by atoms with Crippen molar-refractivity contribution in [3.8, 4) is 0 Å². The fourth-order valence-corrected chi connectivity index (χ4v) is 2.66. The van der Waals surface area contributed by atoms with Gasteiger partial charge in [0.15, 0.2) is 0 Å². The molecule has 1 saturated heterocycles. The standard InChI is InChI=1S/C16H25NO/c1-4-16(5-2)12-17-11-15(3,18-13-16)14-9-7-6-8-10-14/h6-10,17H,4-5,11-13H2,1-3H3. The molecule has 1 aromatic rings. The van der Waals surface area contributed by atoms with Gasteiger partial charge in [-0.15, -0.1) is 0 Å². The van der Waals surface area contributed by atoms with Crippen LogP contribution < -0.4 is 5.32 Å². The van der Waals surface area contributed by atoms with Crippen LogP contribution in [0.3, 0.4) is 0 Å². The SMILES string of the molecule is CCC1(CC)CNCC(C)(c2ccccc2)OC1. The van der Waals surface area contributed by atoms with Crippen LogP contribution in [0.4, 0.5) is 0 Å². The summed E-state index contributed by atoms with van der Waals surface area (Å²) in [6, 6.07) is 10.5. The third-order valence-corrected chi connectivity index (χ3v) is 4.54. The highest BCUT2D eigenvalue weighted by atomic mass is 16.5. The number of ether oxygens (including phenoxy) is 1. The second-order valence-corrected chi connectivity index (χ2v) is 5.70. The van der Waals surface area contributed by atoms with Crippen LogP contribution in [-0.4, -0.2) is 19.7 Å². The Labute approximate surface area is 111 Å². The normalized spacial score (nSPS) is 27.7. The number of benzene rings is 1. The maximum atomic E-state index is 6.31. The van der Waals surface area contributed by atoms with Crippen LogP contribution in [-0.2, 0) is 10.3 Å².